The van der Waals surface area contributed by atoms with Gasteiger partial charge in [-0.05, 0) is 24.6 Å². The molecule has 5 nitrogen and oxygen atoms in total. The molecule has 1 aliphatic heterocycles. The Kier molecular flexibility index (Phi) is 4.52. The summed E-state index contributed by atoms with van der Waals surface area (Å²) in [5.41, 5.74) is 1.73. The molecule has 1 aromatic rings. The molecule has 0 bridgehead atoms. The summed E-state index contributed by atoms with van der Waals surface area (Å²) in [5.74, 6) is 0.137. The van der Waals surface area contributed by atoms with Crippen molar-refractivity contribution in [2.24, 2.45) is 0 Å². The Morgan fingerprint density at radius 3 is 2.42 bits per heavy atom. The van der Waals surface area contributed by atoms with Crippen molar-refractivity contribution in [3.63, 3.8) is 0 Å². The lowest BCUT2D eigenvalue weighted by atomic mass is 10.1. The Morgan fingerprint density at radius 1 is 1.21 bits per heavy atom. The van der Waals surface area contributed by atoms with Gasteiger partial charge in [-0.15, -0.1) is 0 Å². The molecule has 1 aromatic carbocycles. The van der Waals surface area contributed by atoms with Crippen LogP contribution in [0.3, 0.4) is 0 Å². The van der Waals surface area contributed by atoms with Gasteiger partial charge in [-0.1, -0.05) is 12.1 Å². The number of carbonyl (C=O) groups excluding carboxylic acids is 2. The number of hydrogen-bond donors (Lipinski definition) is 2. The Morgan fingerprint density at radius 2 is 1.84 bits per heavy atom. The summed E-state index contributed by atoms with van der Waals surface area (Å²) < 4.78 is 0. The lowest BCUT2D eigenvalue weighted by molar-refractivity contribution is -0.116. The van der Waals surface area contributed by atoms with Gasteiger partial charge >= 0.3 is 6.03 Å². The number of urea groups is 1. The summed E-state index contributed by atoms with van der Waals surface area (Å²) in [4.78, 5) is 24.8. The van der Waals surface area contributed by atoms with Crippen LogP contribution in [0.5, 0.6) is 0 Å². The number of nitrogens with one attached hydrogen (secondary N) is 2. The van der Waals surface area contributed by atoms with Crippen LogP contribution < -0.4 is 10.6 Å². The predicted octanol–water partition coefficient (Wildman–Crippen LogP) is 1.26. The SMILES string of the molecule is CC(=O)Cc1ccc(NC(=O)N2CCNCC2)cc1. The van der Waals surface area contributed by atoms with Crippen molar-refractivity contribution in [1.29, 1.82) is 0 Å². The van der Waals surface area contributed by atoms with Crippen LogP contribution in [0.25, 0.3) is 0 Å². The van der Waals surface area contributed by atoms with E-state index in [1.807, 2.05) is 24.3 Å². The summed E-state index contributed by atoms with van der Waals surface area (Å²) in [7, 11) is 0. The first-order valence-electron chi connectivity index (χ1n) is 6.50. The van der Waals surface area contributed by atoms with Crippen LogP contribution in [0, 0.1) is 0 Å². The van der Waals surface area contributed by atoms with E-state index >= 15 is 0 Å². The van der Waals surface area contributed by atoms with Crippen molar-refractivity contribution in [2.75, 3.05) is 31.5 Å². The Hall–Kier alpha value is -1.88. The molecule has 0 unspecified atom stereocenters. The topological polar surface area (TPSA) is 61.4 Å². The quantitative estimate of drug-likeness (QED) is 0.861. The Labute approximate surface area is 113 Å². The summed E-state index contributed by atoms with van der Waals surface area (Å²) in [6.45, 7) is 4.71. The number of rotatable bonds is 3. The van der Waals surface area contributed by atoms with Crippen molar-refractivity contribution in [2.45, 2.75) is 13.3 Å². The van der Waals surface area contributed by atoms with E-state index < -0.39 is 0 Å². The van der Waals surface area contributed by atoms with E-state index in [-0.39, 0.29) is 11.8 Å². The second-order valence-electron chi connectivity index (χ2n) is 4.74. The fourth-order valence-corrected chi connectivity index (χ4v) is 2.06. The lowest BCUT2D eigenvalue weighted by Gasteiger charge is -2.27. The molecule has 2 N–H and O–H groups in total. The van der Waals surface area contributed by atoms with Gasteiger partial charge in [0.15, 0.2) is 0 Å². The number of Topliss-reactive ketones (excluding diaryl/α,β-unsaturated/α-hetero) is 1. The van der Waals surface area contributed by atoms with Gasteiger partial charge < -0.3 is 15.5 Å². The maximum atomic E-state index is 12.0. The molecule has 1 saturated heterocycles. The van der Waals surface area contributed by atoms with Gasteiger partial charge in [-0.2, -0.15) is 0 Å². The van der Waals surface area contributed by atoms with Gasteiger partial charge in [-0.3, -0.25) is 4.79 Å². The highest BCUT2D eigenvalue weighted by Gasteiger charge is 2.15. The molecule has 0 radical (unpaired) electrons. The highest BCUT2D eigenvalue weighted by molar-refractivity contribution is 5.89. The van der Waals surface area contributed by atoms with Crippen LogP contribution in [0.1, 0.15) is 12.5 Å². The zero-order valence-electron chi connectivity index (χ0n) is 11.1. The second kappa shape index (κ2) is 6.33. The van der Waals surface area contributed by atoms with Crippen molar-refractivity contribution < 1.29 is 9.59 Å². The lowest BCUT2D eigenvalue weighted by Crippen LogP contribution is -2.48. The van der Waals surface area contributed by atoms with E-state index in [0.29, 0.717) is 6.42 Å². The third-order valence-electron chi connectivity index (χ3n) is 3.06. The van der Waals surface area contributed by atoms with Crippen LogP contribution in [-0.4, -0.2) is 42.9 Å². The molecule has 1 aliphatic rings. The standard InChI is InChI=1S/C14H19N3O2/c1-11(18)10-12-2-4-13(5-3-12)16-14(19)17-8-6-15-7-9-17/h2-5,15H,6-10H2,1H3,(H,16,19). The largest absolute Gasteiger partial charge is 0.322 e. The molecule has 5 heteroatoms. The highest BCUT2D eigenvalue weighted by Crippen LogP contribution is 2.11. The Balaban J connectivity index is 1.91. The summed E-state index contributed by atoms with van der Waals surface area (Å²) in [5, 5.41) is 6.07. The number of benzene rings is 1. The number of amides is 2. The van der Waals surface area contributed by atoms with E-state index in [9.17, 15) is 9.59 Å². The second-order valence-corrected chi connectivity index (χ2v) is 4.74. The molecular weight excluding hydrogens is 242 g/mol. The van der Waals surface area contributed by atoms with Crippen molar-refractivity contribution in [3.05, 3.63) is 29.8 Å². The minimum atomic E-state index is -0.0687. The van der Waals surface area contributed by atoms with Gasteiger partial charge in [0, 0.05) is 38.3 Å². The third-order valence-corrected chi connectivity index (χ3v) is 3.06. The van der Waals surface area contributed by atoms with Gasteiger partial charge in [-0.25, -0.2) is 4.79 Å². The summed E-state index contributed by atoms with van der Waals surface area (Å²) in [6, 6.07) is 7.33. The van der Waals surface area contributed by atoms with Crippen molar-refractivity contribution in [3.8, 4) is 0 Å². The van der Waals surface area contributed by atoms with E-state index in [2.05, 4.69) is 10.6 Å². The third kappa shape index (κ3) is 4.06. The number of anilines is 1. The molecule has 2 amide bonds. The van der Waals surface area contributed by atoms with Crippen molar-refractivity contribution in [1.82, 2.24) is 10.2 Å². The van der Waals surface area contributed by atoms with Crippen LogP contribution in [0.4, 0.5) is 10.5 Å². The molecular formula is C14H19N3O2. The molecule has 0 aliphatic carbocycles. The van der Waals surface area contributed by atoms with Crippen LogP contribution >= 0.6 is 0 Å². The fourth-order valence-electron chi connectivity index (χ4n) is 2.06. The van der Waals surface area contributed by atoms with Crippen LogP contribution in [0.2, 0.25) is 0 Å². The van der Waals surface area contributed by atoms with Gasteiger partial charge in [0.1, 0.15) is 5.78 Å². The zero-order chi connectivity index (χ0) is 13.7. The first kappa shape index (κ1) is 13.5. The number of carbonyl (C=O) groups is 2. The Bertz CT molecular complexity index is 450. The molecule has 2 rings (SSSR count). The number of piperazine rings is 1. The summed E-state index contributed by atoms with van der Waals surface area (Å²) >= 11 is 0. The summed E-state index contributed by atoms with van der Waals surface area (Å²) in [6.07, 6.45) is 0.437. The van der Waals surface area contributed by atoms with Gasteiger partial charge in [0.25, 0.3) is 0 Å². The maximum absolute atomic E-state index is 12.0. The monoisotopic (exact) mass is 261 g/mol. The first-order valence-corrected chi connectivity index (χ1v) is 6.50. The first-order chi connectivity index (χ1) is 9.15. The molecule has 0 saturated carbocycles. The maximum Gasteiger partial charge on any atom is 0.321 e. The van der Waals surface area contributed by atoms with E-state index in [0.717, 1.165) is 37.4 Å². The molecule has 0 spiro atoms. The van der Waals surface area contributed by atoms with Crippen LogP contribution in [0.15, 0.2) is 24.3 Å². The molecule has 0 aromatic heterocycles. The molecule has 0 atom stereocenters. The van der Waals surface area contributed by atoms with E-state index in [4.69, 9.17) is 0 Å². The van der Waals surface area contributed by atoms with Crippen LogP contribution in [-0.2, 0) is 11.2 Å². The number of ketones is 1. The molecule has 19 heavy (non-hydrogen) atoms. The smallest absolute Gasteiger partial charge is 0.321 e. The van der Waals surface area contributed by atoms with Gasteiger partial charge in [0.05, 0.1) is 0 Å². The average Bonchev–Trinajstić information content (AvgIpc) is 2.41. The highest BCUT2D eigenvalue weighted by atomic mass is 16.2. The fraction of sp³-hybridized carbons (Fsp3) is 0.429. The van der Waals surface area contributed by atoms with E-state index in [1.54, 1.807) is 11.8 Å². The van der Waals surface area contributed by atoms with Crippen molar-refractivity contribution >= 4 is 17.5 Å². The predicted molar refractivity (Wildman–Crippen MR) is 74.3 cm³/mol. The zero-order valence-corrected chi connectivity index (χ0v) is 11.1. The minimum Gasteiger partial charge on any atom is -0.322 e. The number of hydrogen-bond acceptors (Lipinski definition) is 3. The van der Waals surface area contributed by atoms with E-state index in [1.165, 1.54) is 0 Å². The molecule has 1 heterocycles. The molecule has 102 valence electrons. The molecule has 1 fully saturated rings. The normalized spacial score (nSPS) is 15.1. The average molecular weight is 261 g/mol. The number of nitrogens with zero attached hydrogens (tertiary/aromatic N) is 1. The van der Waals surface area contributed by atoms with Gasteiger partial charge in [0.2, 0.25) is 0 Å². The minimum absolute atomic E-state index is 0.0687.